The molecule has 0 atom stereocenters. The number of aromatic carboxylic acids is 2. The first-order chi connectivity index (χ1) is 9.85. The summed E-state index contributed by atoms with van der Waals surface area (Å²) in [5, 5.41) is 26.7. The average molecular weight is 291 g/mol. The number of rotatable bonds is 7. The van der Waals surface area contributed by atoms with Crippen molar-refractivity contribution < 1.29 is 29.7 Å². The highest BCUT2D eigenvalue weighted by Gasteiger charge is 2.15. The van der Waals surface area contributed by atoms with E-state index in [1.807, 2.05) is 0 Å². The molecule has 0 radical (unpaired) electrons. The van der Waals surface area contributed by atoms with Gasteiger partial charge in [0.05, 0.1) is 24.1 Å². The molecule has 1 aromatic rings. The Morgan fingerprint density at radius 2 is 1.57 bits per heavy atom. The molecule has 21 heavy (non-hydrogen) atoms. The summed E-state index contributed by atoms with van der Waals surface area (Å²) in [7, 11) is 0. The second kappa shape index (κ2) is 6.96. The monoisotopic (exact) mass is 291 g/mol. The van der Waals surface area contributed by atoms with Crippen molar-refractivity contribution in [2.24, 2.45) is 0 Å². The van der Waals surface area contributed by atoms with E-state index in [0.29, 0.717) is 0 Å². The van der Waals surface area contributed by atoms with Crippen LogP contribution in [-0.4, -0.2) is 46.3 Å². The molecule has 3 N–H and O–H groups in total. The Bertz CT molecular complexity index is 584. The maximum atomic E-state index is 11.0. The van der Waals surface area contributed by atoms with E-state index in [1.54, 1.807) is 0 Å². The average Bonchev–Trinajstić information content (AvgIpc) is 2.42. The lowest BCUT2D eigenvalue weighted by Crippen LogP contribution is -2.27. The number of benzene rings is 1. The fraction of sp³-hybridized carbons (Fsp3) is 0.214. The van der Waals surface area contributed by atoms with Crippen LogP contribution in [0.25, 0.3) is 0 Å². The van der Waals surface area contributed by atoms with Crippen LogP contribution in [0.3, 0.4) is 0 Å². The summed E-state index contributed by atoms with van der Waals surface area (Å²) in [6.07, 6.45) is 4.99. The quantitative estimate of drug-likeness (QED) is 0.642. The van der Waals surface area contributed by atoms with E-state index in [9.17, 15) is 14.4 Å². The van der Waals surface area contributed by atoms with Crippen molar-refractivity contribution in [3.8, 4) is 12.3 Å². The van der Waals surface area contributed by atoms with Gasteiger partial charge in [-0.2, -0.15) is 0 Å². The molecule has 0 aliphatic rings. The Balaban J connectivity index is 3.22. The lowest BCUT2D eigenvalue weighted by Gasteiger charge is -2.22. The van der Waals surface area contributed by atoms with Crippen LogP contribution >= 0.6 is 0 Å². The van der Waals surface area contributed by atoms with E-state index < -0.39 is 17.9 Å². The maximum Gasteiger partial charge on any atom is 0.335 e. The summed E-state index contributed by atoms with van der Waals surface area (Å²) >= 11 is 0. The van der Waals surface area contributed by atoms with Gasteiger partial charge in [0.25, 0.3) is 0 Å². The molecule has 0 heterocycles. The number of aliphatic carboxylic acids is 1. The normalized spacial score (nSPS) is 9.67. The SMILES string of the molecule is C#CCN(CCC(=O)O)c1cc(C(=O)O)cc(C(=O)O)c1. The van der Waals surface area contributed by atoms with Crippen molar-refractivity contribution in [3.63, 3.8) is 0 Å². The molecule has 0 spiro atoms. The van der Waals surface area contributed by atoms with Crippen molar-refractivity contribution in [2.75, 3.05) is 18.0 Å². The molecule has 7 nitrogen and oxygen atoms in total. The van der Waals surface area contributed by atoms with Gasteiger partial charge in [-0.25, -0.2) is 9.59 Å². The molecule has 1 aromatic carbocycles. The molecule has 0 bridgehead atoms. The van der Waals surface area contributed by atoms with Gasteiger partial charge in [0.1, 0.15) is 0 Å². The molecule has 1 rings (SSSR count). The predicted molar refractivity (Wildman–Crippen MR) is 73.7 cm³/mol. The molecule has 0 aromatic heterocycles. The zero-order valence-corrected chi connectivity index (χ0v) is 10.9. The van der Waals surface area contributed by atoms with Crippen LogP contribution in [-0.2, 0) is 4.79 Å². The van der Waals surface area contributed by atoms with Crippen LogP contribution in [0, 0.1) is 12.3 Å². The number of anilines is 1. The zero-order chi connectivity index (χ0) is 16.0. The molecule has 0 fully saturated rings. The van der Waals surface area contributed by atoms with Crippen molar-refractivity contribution in [1.29, 1.82) is 0 Å². The number of hydrogen-bond acceptors (Lipinski definition) is 4. The Morgan fingerprint density at radius 3 is 1.95 bits per heavy atom. The Labute approximate surface area is 120 Å². The van der Waals surface area contributed by atoms with E-state index in [4.69, 9.17) is 21.7 Å². The minimum atomic E-state index is -1.28. The summed E-state index contributed by atoms with van der Waals surface area (Å²) in [6, 6.07) is 3.54. The highest BCUT2D eigenvalue weighted by Crippen LogP contribution is 2.20. The minimum absolute atomic E-state index is 0.0371. The number of nitrogens with zero attached hydrogens (tertiary/aromatic N) is 1. The van der Waals surface area contributed by atoms with Gasteiger partial charge in [0.2, 0.25) is 0 Å². The molecule has 0 aliphatic heterocycles. The van der Waals surface area contributed by atoms with E-state index in [0.717, 1.165) is 6.07 Å². The van der Waals surface area contributed by atoms with Gasteiger partial charge in [0.15, 0.2) is 0 Å². The van der Waals surface area contributed by atoms with Crippen molar-refractivity contribution in [2.45, 2.75) is 6.42 Å². The second-order valence-corrected chi connectivity index (χ2v) is 4.15. The lowest BCUT2D eigenvalue weighted by molar-refractivity contribution is -0.136. The first-order valence-electron chi connectivity index (χ1n) is 5.87. The molecular weight excluding hydrogens is 278 g/mol. The molecule has 0 aliphatic carbocycles. The standard InChI is InChI=1S/C14H13NO6/c1-2-4-15(5-3-12(16)17)11-7-9(13(18)19)6-10(8-11)14(20)21/h1,6-8H,3-5H2,(H,16,17)(H,18,19)(H,20,21). The number of carboxylic acids is 3. The fourth-order valence-corrected chi connectivity index (χ4v) is 1.68. The van der Waals surface area contributed by atoms with Crippen LogP contribution in [0.4, 0.5) is 5.69 Å². The summed E-state index contributed by atoms with van der Waals surface area (Å²) < 4.78 is 0. The van der Waals surface area contributed by atoms with Crippen LogP contribution in [0.1, 0.15) is 27.1 Å². The van der Waals surface area contributed by atoms with Crippen molar-refractivity contribution in [3.05, 3.63) is 29.3 Å². The zero-order valence-electron chi connectivity index (χ0n) is 10.9. The van der Waals surface area contributed by atoms with Gasteiger partial charge in [-0.05, 0) is 18.2 Å². The molecule has 110 valence electrons. The molecule has 0 saturated heterocycles. The van der Waals surface area contributed by atoms with E-state index in [-0.39, 0.29) is 36.3 Å². The third-order valence-electron chi connectivity index (χ3n) is 2.65. The third kappa shape index (κ3) is 4.54. The number of carbonyl (C=O) groups is 3. The van der Waals surface area contributed by atoms with Crippen molar-refractivity contribution in [1.82, 2.24) is 0 Å². The summed E-state index contributed by atoms with van der Waals surface area (Å²) in [4.78, 5) is 34.1. The van der Waals surface area contributed by atoms with Crippen LogP contribution < -0.4 is 4.90 Å². The topological polar surface area (TPSA) is 115 Å². The number of carboxylic acid groups (broad SMARTS) is 3. The number of hydrogen-bond donors (Lipinski definition) is 3. The summed E-state index contributed by atoms with van der Waals surface area (Å²) in [5.41, 5.74) is -0.156. The van der Waals surface area contributed by atoms with E-state index >= 15 is 0 Å². The summed E-state index contributed by atoms with van der Waals surface area (Å²) in [5.74, 6) is -1.27. The maximum absolute atomic E-state index is 11.0. The van der Waals surface area contributed by atoms with Gasteiger partial charge in [-0.1, -0.05) is 5.92 Å². The van der Waals surface area contributed by atoms with Gasteiger partial charge in [-0.3, -0.25) is 4.79 Å². The van der Waals surface area contributed by atoms with Gasteiger partial charge in [0, 0.05) is 12.2 Å². The van der Waals surface area contributed by atoms with Gasteiger partial charge >= 0.3 is 17.9 Å². The predicted octanol–water partition coefficient (Wildman–Crippen LogP) is 0.997. The van der Waals surface area contributed by atoms with E-state index in [2.05, 4.69) is 5.92 Å². The largest absolute Gasteiger partial charge is 0.481 e. The molecule has 7 heteroatoms. The van der Waals surface area contributed by atoms with Gasteiger partial charge < -0.3 is 20.2 Å². The second-order valence-electron chi connectivity index (χ2n) is 4.15. The van der Waals surface area contributed by atoms with Crippen LogP contribution in [0.5, 0.6) is 0 Å². The van der Waals surface area contributed by atoms with Crippen molar-refractivity contribution >= 4 is 23.6 Å². The minimum Gasteiger partial charge on any atom is -0.481 e. The first kappa shape index (κ1) is 16.0. The highest BCUT2D eigenvalue weighted by atomic mass is 16.4. The van der Waals surface area contributed by atoms with E-state index in [1.165, 1.54) is 17.0 Å². The van der Waals surface area contributed by atoms with Crippen LogP contribution in [0.15, 0.2) is 18.2 Å². The third-order valence-corrected chi connectivity index (χ3v) is 2.65. The fourth-order valence-electron chi connectivity index (χ4n) is 1.68. The molecule has 0 amide bonds. The molecule has 0 unspecified atom stereocenters. The lowest BCUT2D eigenvalue weighted by atomic mass is 10.1. The Kier molecular flexibility index (Phi) is 5.31. The number of terminal acetylenes is 1. The Hall–Kier alpha value is -3.01. The molecular formula is C14H13NO6. The summed E-state index contributed by atoms with van der Waals surface area (Å²) in [6.45, 7) is 0.0804. The Morgan fingerprint density at radius 1 is 1.05 bits per heavy atom. The smallest absolute Gasteiger partial charge is 0.335 e. The highest BCUT2D eigenvalue weighted by molar-refractivity contribution is 5.95. The first-order valence-corrected chi connectivity index (χ1v) is 5.87. The van der Waals surface area contributed by atoms with Crippen LogP contribution in [0.2, 0.25) is 0 Å². The molecule has 0 saturated carbocycles. The van der Waals surface area contributed by atoms with Gasteiger partial charge in [-0.15, -0.1) is 6.42 Å².